The molecule has 0 spiro atoms. The number of rotatable bonds is 4. The van der Waals surface area contributed by atoms with Crippen LogP contribution in [0.5, 0.6) is 0 Å². The van der Waals surface area contributed by atoms with E-state index in [1.807, 2.05) is 55.7 Å². The molecular formula is C25H26N4O. The van der Waals surface area contributed by atoms with Crippen molar-refractivity contribution in [1.29, 1.82) is 0 Å². The Morgan fingerprint density at radius 3 is 2.83 bits per heavy atom. The van der Waals surface area contributed by atoms with E-state index in [1.165, 1.54) is 28.6 Å². The van der Waals surface area contributed by atoms with Crippen molar-refractivity contribution in [2.45, 2.75) is 39.7 Å². The highest BCUT2D eigenvalue weighted by Crippen LogP contribution is 2.33. The minimum atomic E-state index is -0.0783. The first kappa shape index (κ1) is 18.7. The van der Waals surface area contributed by atoms with E-state index in [2.05, 4.69) is 32.8 Å². The van der Waals surface area contributed by atoms with E-state index in [1.54, 1.807) is 0 Å². The van der Waals surface area contributed by atoms with Gasteiger partial charge in [-0.25, -0.2) is 4.98 Å². The second kappa shape index (κ2) is 7.48. The SMILES string of the molecule is Cc1nccn1Cc1ccc(NC(=O)c2cccc3c4c([nH]c23)CCC(C)C4)cc1. The van der Waals surface area contributed by atoms with E-state index < -0.39 is 0 Å². The van der Waals surface area contributed by atoms with Crippen LogP contribution in [0, 0.1) is 12.8 Å². The minimum Gasteiger partial charge on any atom is -0.358 e. The van der Waals surface area contributed by atoms with Crippen LogP contribution in [-0.2, 0) is 19.4 Å². The normalized spacial score (nSPS) is 15.9. The lowest BCUT2D eigenvalue weighted by molar-refractivity contribution is 0.102. The van der Waals surface area contributed by atoms with Crippen molar-refractivity contribution in [3.05, 3.63) is 83.1 Å². The molecule has 1 atom stereocenters. The number of hydrogen-bond acceptors (Lipinski definition) is 2. The summed E-state index contributed by atoms with van der Waals surface area (Å²) < 4.78 is 2.10. The van der Waals surface area contributed by atoms with Crippen molar-refractivity contribution in [3.8, 4) is 0 Å². The zero-order valence-electron chi connectivity index (χ0n) is 17.4. The summed E-state index contributed by atoms with van der Waals surface area (Å²) in [4.78, 5) is 20.8. The maximum Gasteiger partial charge on any atom is 0.257 e. The monoisotopic (exact) mass is 398 g/mol. The maximum absolute atomic E-state index is 13.0. The smallest absolute Gasteiger partial charge is 0.257 e. The molecule has 0 aliphatic heterocycles. The van der Waals surface area contributed by atoms with Crippen molar-refractivity contribution >= 4 is 22.5 Å². The number of amides is 1. The van der Waals surface area contributed by atoms with Crippen molar-refractivity contribution in [3.63, 3.8) is 0 Å². The zero-order chi connectivity index (χ0) is 20.7. The molecule has 5 heteroatoms. The first-order chi connectivity index (χ1) is 14.6. The van der Waals surface area contributed by atoms with Gasteiger partial charge < -0.3 is 14.9 Å². The number of anilines is 1. The van der Waals surface area contributed by atoms with Crippen LogP contribution in [0.25, 0.3) is 10.9 Å². The number of aromatic nitrogens is 3. The third-order valence-corrected chi connectivity index (χ3v) is 6.20. The van der Waals surface area contributed by atoms with Crippen LogP contribution in [0.2, 0.25) is 0 Å². The predicted molar refractivity (Wildman–Crippen MR) is 120 cm³/mol. The Bertz CT molecular complexity index is 1220. The Labute approximate surface area is 176 Å². The average Bonchev–Trinajstić information content (AvgIpc) is 3.32. The van der Waals surface area contributed by atoms with Crippen LogP contribution in [-0.4, -0.2) is 20.4 Å². The van der Waals surface area contributed by atoms with E-state index in [0.717, 1.165) is 36.4 Å². The summed E-state index contributed by atoms with van der Waals surface area (Å²) in [6, 6.07) is 14.0. The highest BCUT2D eigenvalue weighted by atomic mass is 16.1. The van der Waals surface area contributed by atoms with Gasteiger partial charge in [0.05, 0.1) is 11.1 Å². The minimum absolute atomic E-state index is 0.0783. The molecule has 5 rings (SSSR count). The van der Waals surface area contributed by atoms with Gasteiger partial charge in [0, 0.05) is 35.7 Å². The number of para-hydroxylation sites is 1. The number of carbonyl (C=O) groups excluding carboxylic acids is 1. The second-order valence-electron chi connectivity index (χ2n) is 8.41. The summed E-state index contributed by atoms with van der Waals surface area (Å²) in [6.07, 6.45) is 7.13. The number of H-pyrrole nitrogens is 1. The van der Waals surface area contributed by atoms with Crippen LogP contribution in [0.15, 0.2) is 54.9 Å². The third-order valence-electron chi connectivity index (χ3n) is 6.20. The number of carbonyl (C=O) groups is 1. The summed E-state index contributed by atoms with van der Waals surface area (Å²) in [5.74, 6) is 1.60. The van der Waals surface area contributed by atoms with Crippen LogP contribution < -0.4 is 5.32 Å². The topological polar surface area (TPSA) is 62.7 Å². The van der Waals surface area contributed by atoms with Crippen LogP contribution >= 0.6 is 0 Å². The number of fused-ring (bicyclic) bond motifs is 3. The number of imidazole rings is 1. The van der Waals surface area contributed by atoms with Crippen LogP contribution in [0.1, 0.15) is 46.3 Å². The number of nitrogens with one attached hydrogen (secondary N) is 2. The fourth-order valence-electron chi connectivity index (χ4n) is 4.46. The number of aromatic amines is 1. The molecule has 5 nitrogen and oxygen atoms in total. The van der Waals surface area contributed by atoms with Crippen molar-refractivity contribution < 1.29 is 4.79 Å². The Kier molecular flexibility index (Phi) is 4.66. The molecule has 0 saturated heterocycles. The molecule has 2 aromatic heterocycles. The first-order valence-corrected chi connectivity index (χ1v) is 10.6. The molecule has 0 radical (unpaired) electrons. The third kappa shape index (κ3) is 3.41. The summed E-state index contributed by atoms with van der Waals surface area (Å²) in [7, 11) is 0. The van der Waals surface area contributed by atoms with Crippen LogP contribution in [0.4, 0.5) is 5.69 Å². The fraction of sp³-hybridized carbons (Fsp3) is 0.280. The van der Waals surface area contributed by atoms with Crippen molar-refractivity contribution in [2.75, 3.05) is 5.32 Å². The molecule has 1 aliphatic carbocycles. The fourth-order valence-corrected chi connectivity index (χ4v) is 4.46. The first-order valence-electron chi connectivity index (χ1n) is 10.6. The molecule has 4 aromatic rings. The van der Waals surface area contributed by atoms with Crippen molar-refractivity contribution in [2.24, 2.45) is 5.92 Å². The van der Waals surface area contributed by atoms with Gasteiger partial charge in [-0.2, -0.15) is 0 Å². The molecule has 152 valence electrons. The van der Waals surface area contributed by atoms with Gasteiger partial charge in [-0.15, -0.1) is 0 Å². The summed E-state index contributed by atoms with van der Waals surface area (Å²) >= 11 is 0. The molecule has 2 heterocycles. The average molecular weight is 399 g/mol. The lowest BCUT2D eigenvalue weighted by Gasteiger charge is -2.17. The number of benzene rings is 2. The van der Waals surface area contributed by atoms with E-state index >= 15 is 0 Å². The zero-order valence-corrected chi connectivity index (χ0v) is 17.4. The predicted octanol–water partition coefficient (Wildman–Crippen LogP) is 5.10. The molecule has 1 aliphatic rings. The van der Waals surface area contributed by atoms with Crippen molar-refractivity contribution in [1.82, 2.24) is 14.5 Å². The Balaban J connectivity index is 1.36. The molecular weight excluding hydrogens is 372 g/mol. The van der Waals surface area contributed by atoms with E-state index in [9.17, 15) is 4.79 Å². The number of nitrogens with zero attached hydrogens (tertiary/aromatic N) is 2. The van der Waals surface area contributed by atoms with Gasteiger partial charge in [0.2, 0.25) is 0 Å². The standard InChI is InChI=1S/C25H26N4O/c1-16-6-11-23-22(14-16)20-4-3-5-21(24(20)28-23)25(30)27-19-9-7-18(8-10-19)15-29-13-12-26-17(29)2/h3-5,7-10,12-13,16,28H,6,11,14-15H2,1-2H3,(H,27,30). The van der Waals surface area contributed by atoms with Gasteiger partial charge >= 0.3 is 0 Å². The highest BCUT2D eigenvalue weighted by Gasteiger charge is 2.22. The lowest BCUT2D eigenvalue weighted by atomic mass is 9.87. The van der Waals surface area contributed by atoms with E-state index in [-0.39, 0.29) is 5.91 Å². The molecule has 2 N–H and O–H groups in total. The van der Waals surface area contributed by atoms with Gasteiger partial charge in [0.1, 0.15) is 5.82 Å². The molecule has 0 bridgehead atoms. The van der Waals surface area contributed by atoms with Gasteiger partial charge in [0.15, 0.2) is 0 Å². The van der Waals surface area contributed by atoms with Gasteiger partial charge in [0.25, 0.3) is 5.91 Å². The Hall–Kier alpha value is -3.34. The highest BCUT2D eigenvalue weighted by molar-refractivity contribution is 6.12. The van der Waals surface area contributed by atoms with Crippen LogP contribution in [0.3, 0.4) is 0 Å². The molecule has 0 saturated carbocycles. The Morgan fingerprint density at radius 1 is 1.23 bits per heavy atom. The summed E-state index contributed by atoms with van der Waals surface area (Å²) in [5.41, 5.74) is 6.31. The molecule has 0 fully saturated rings. The molecule has 1 amide bonds. The summed E-state index contributed by atoms with van der Waals surface area (Å²) in [6.45, 7) is 5.07. The summed E-state index contributed by atoms with van der Waals surface area (Å²) in [5, 5.41) is 4.25. The second-order valence-corrected chi connectivity index (χ2v) is 8.41. The number of aryl methyl sites for hydroxylation is 2. The quantitative estimate of drug-likeness (QED) is 0.502. The van der Waals surface area contributed by atoms with Gasteiger partial charge in [-0.3, -0.25) is 4.79 Å². The van der Waals surface area contributed by atoms with E-state index in [4.69, 9.17) is 0 Å². The van der Waals surface area contributed by atoms with Gasteiger partial charge in [-0.05, 0) is 61.4 Å². The molecule has 2 aromatic carbocycles. The van der Waals surface area contributed by atoms with Gasteiger partial charge in [-0.1, -0.05) is 31.2 Å². The lowest BCUT2D eigenvalue weighted by Crippen LogP contribution is -2.12. The maximum atomic E-state index is 13.0. The van der Waals surface area contributed by atoms with E-state index in [0.29, 0.717) is 11.5 Å². The molecule has 1 unspecified atom stereocenters. The molecule has 30 heavy (non-hydrogen) atoms. The Morgan fingerprint density at radius 2 is 2.07 bits per heavy atom. The number of hydrogen-bond donors (Lipinski definition) is 2. The largest absolute Gasteiger partial charge is 0.358 e.